The first kappa shape index (κ1) is 14.5. The summed E-state index contributed by atoms with van der Waals surface area (Å²) in [6, 6.07) is 0. The minimum absolute atomic E-state index is 0.191. The molecule has 18 heavy (non-hydrogen) atoms. The van der Waals surface area contributed by atoms with Crippen molar-refractivity contribution in [1.82, 2.24) is 14.5 Å². The number of rotatable bonds is 7. The molecule has 0 aliphatic rings. The fraction of sp³-hybridized carbons (Fsp3) is 0.556. The van der Waals surface area contributed by atoms with Crippen molar-refractivity contribution < 1.29 is 18.3 Å². The van der Waals surface area contributed by atoms with Gasteiger partial charge in [0.2, 0.25) is 0 Å². The van der Waals surface area contributed by atoms with E-state index in [1.54, 1.807) is 0 Å². The highest BCUT2D eigenvalue weighted by molar-refractivity contribution is 7.90. The van der Waals surface area contributed by atoms with E-state index < -0.39 is 16.2 Å². The lowest BCUT2D eigenvalue weighted by molar-refractivity contribution is -0.137. The molecule has 8 nitrogen and oxygen atoms in total. The number of carboxylic acids is 1. The van der Waals surface area contributed by atoms with Crippen molar-refractivity contribution in [2.75, 3.05) is 11.3 Å². The van der Waals surface area contributed by atoms with Crippen molar-refractivity contribution in [2.24, 2.45) is 5.92 Å². The van der Waals surface area contributed by atoms with E-state index >= 15 is 0 Å². The lowest BCUT2D eigenvalue weighted by atomic mass is 10.2. The predicted octanol–water partition coefficient (Wildman–Crippen LogP) is -0.130. The molecular formula is C9H16N4O4S. The molecule has 1 aromatic heterocycles. The molecule has 0 aliphatic carbocycles. The van der Waals surface area contributed by atoms with Crippen LogP contribution in [0.25, 0.3) is 0 Å². The van der Waals surface area contributed by atoms with Crippen LogP contribution < -0.4 is 9.44 Å². The van der Waals surface area contributed by atoms with Gasteiger partial charge >= 0.3 is 5.97 Å². The van der Waals surface area contributed by atoms with Crippen molar-refractivity contribution in [3.05, 3.63) is 12.4 Å². The summed E-state index contributed by atoms with van der Waals surface area (Å²) in [4.78, 5) is 10.4. The zero-order valence-electron chi connectivity index (χ0n) is 10.1. The highest BCUT2D eigenvalue weighted by Crippen LogP contribution is 2.06. The van der Waals surface area contributed by atoms with Gasteiger partial charge in [-0.25, -0.2) is 0 Å². The van der Waals surface area contributed by atoms with Gasteiger partial charge in [0.1, 0.15) is 6.54 Å². The fourth-order valence-electron chi connectivity index (χ4n) is 1.11. The van der Waals surface area contributed by atoms with Gasteiger partial charge in [-0.2, -0.15) is 18.2 Å². The highest BCUT2D eigenvalue weighted by atomic mass is 32.2. The Bertz CT molecular complexity index is 508. The quantitative estimate of drug-likeness (QED) is 0.642. The van der Waals surface area contributed by atoms with Crippen LogP contribution in [0.1, 0.15) is 13.8 Å². The lowest BCUT2D eigenvalue weighted by Gasteiger charge is -2.09. The van der Waals surface area contributed by atoms with Gasteiger partial charge in [-0.15, -0.1) is 0 Å². The summed E-state index contributed by atoms with van der Waals surface area (Å²) < 4.78 is 28.9. The van der Waals surface area contributed by atoms with Crippen LogP contribution in [0, 0.1) is 5.92 Å². The van der Waals surface area contributed by atoms with E-state index in [1.165, 1.54) is 12.4 Å². The predicted molar refractivity (Wildman–Crippen MR) is 65.2 cm³/mol. The second-order valence-corrected chi connectivity index (χ2v) is 5.67. The van der Waals surface area contributed by atoms with E-state index in [4.69, 9.17) is 5.11 Å². The molecule has 0 saturated heterocycles. The molecule has 1 rings (SSSR count). The van der Waals surface area contributed by atoms with Crippen molar-refractivity contribution in [3.63, 3.8) is 0 Å². The maximum absolute atomic E-state index is 11.6. The Balaban J connectivity index is 2.61. The molecular weight excluding hydrogens is 260 g/mol. The summed E-state index contributed by atoms with van der Waals surface area (Å²) in [6.45, 7) is 3.76. The minimum Gasteiger partial charge on any atom is -0.480 e. The van der Waals surface area contributed by atoms with Gasteiger partial charge < -0.3 is 5.11 Å². The van der Waals surface area contributed by atoms with E-state index in [-0.39, 0.29) is 18.2 Å². The van der Waals surface area contributed by atoms with Gasteiger partial charge in [0.05, 0.1) is 11.9 Å². The summed E-state index contributed by atoms with van der Waals surface area (Å²) in [5.74, 6) is -0.859. The molecule has 0 saturated carbocycles. The standard InChI is InChI=1S/C9H16N4O4S/c1-7(2)3-11-18(16,17)12-8-4-10-13(5-8)6-9(14)15/h4-5,7,11-12H,3,6H2,1-2H3,(H,14,15). The zero-order chi connectivity index (χ0) is 13.8. The van der Waals surface area contributed by atoms with E-state index in [1.807, 2.05) is 13.8 Å². The molecule has 0 aliphatic heterocycles. The van der Waals surface area contributed by atoms with Crippen LogP contribution in [-0.2, 0) is 21.5 Å². The Hall–Kier alpha value is -1.61. The number of nitrogens with zero attached hydrogens (tertiary/aromatic N) is 2. The summed E-state index contributed by atoms with van der Waals surface area (Å²) in [6.07, 6.45) is 2.56. The van der Waals surface area contributed by atoms with Crippen LogP contribution in [0.3, 0.4) is 0 Å². The number of carboxylic acid groups (broad SMARTS) is 1. The normalized spacial score (nSPS) is 11.7. The Labute approximate surface area is 105 Å². The first-order valence-electron chi connectivity index (χ1n) is 5.30. The first-order valence-corrected chi connectivity index (χ1v) is 6.78. The number of aliphatic carboxylic acids is 1. The third kappa shape index (κ3) is 5.15. The minimum atomic E-state index is -3.65. The van der Waals surface area contributed by atoms with E-state index in [2.05, 4.69) is 14.5 Å². The second-order valence-electron chi connectivity index (χ2n) is 4.17. The summed E-state index contributed by atoms with van der Waals surface area (Å²) in [5, 5.41) is 12.3. The Morgan fingerprint density at radius 3 is 2.78 bits per heavy atom. The topological polar surface area (TPSA) is 113 Å². The van der Waals surface area contributed by atoms with Gasteiger partial charge in [0, 0.05) is 12.7 Å². The fourth-order valence-corrected chi connectivity index (χ4v) is 2.15. The lowest BCUT2D eigenvalue weighted by Crippen LogP contribution is -2.32. The molecule has 0 radical (unpaired) electrons. The molecule has 0 atom stereocenters. The highest BCUT2D eigenvalue weighted by Gasteiger charge is 2.11. The molecule has 0 unspecified atom stereocenters. The van der Waals surface area contributed by atoms with Crippen LogP contribution in [0.15, 0.2) is 12.4 Å². The molecule has 1 heterocycles. The SMILES string of the molecule is CC(C)CNS(=O)(=O)Nc1cnn(CC(=O)O)c1. The molecule has 3 N–H and O–H groups in total. The second kappa shape index (κ2) is 5.83. The third-order valence-corrected chi connectivity index (χ3v) is 2.92. The molecule has 1 aromatic rings. The van der Waals surface area contributed by atoms with E-state index in [0.29, 0.717) is 6.54 Å². The average molecular weight is 276 g/mol. The maximum Gasteiger partial charge on any atom is 0.325 e. The Kier molecular flexibility index (Phi) is 4.68. The van der Waals surface area contributed by atoms with Crippen molar-refractivity contribution in [2.45, 2.75) is 20.4 Å². The van der Waals surface area contributed by atoms with Gasteiger partial charge in [0.15, 0.2) is 0 Å². The summed E-state index contributed by atoms with van der Waals surface area (Å²) >= 11 is 0. The van der Waals surface area contributed by atoms with Crippen LogP contribution >= 0.6 is 0 Å². The smallest absolute Gasteiger partial charge is 0.325 e. The maximum atomic E-state index is 11.6. The van der Waals surface area contributed by atoms with Crippen LogP contribution in [0.5, 0.6) is 0 Å². The summed E-state index contributed by atoms with van der Waals surface area (Å²) in [5.41, 5.74) is 0.215. The first-order chi connectivity index (χ1) is 8.28. The van der Waals surface area contributed by atoms with Gasteiger partial charge in [0.25, 0.3) is 10.2 Å². The van der Waals surface area contributed by atoms with Crippen LogP contribution in [0.2, 0.25) is 0 Å². The van der Waals surface area contributed by atoms with Crippen molar-refractivity contribution in [3.8, 4) is 0 Å². The average Bonchev–Trinajstić information content (AvgIpc) is 2.61. The van der Waals surface area contributed by atoms with E-state index in [0.717, 1.165) is 4.68 Å². The Morgan fingerprint density at radius 2 is 2.22 bits per heavy atom. The van der Waals surface area contributed by atoms with Gasteiger partial charge in [-0.3, -0.25) is 14.2 Å². The van der Waals surface area contributed by atoms with Crippen molar-refractivity contribution >= 4 is 21.9 Å². The summed E-state index contributed by atoms with van der Waals surface area (Å²) in [7, 11) is -3.65. The number of nitrogens with one attached hydrogen (secondary N) is 2. The van der Waals surface area contributed by atoms with E-state index in [9.17, 15) is 13.2 Å². The monoisotopic (exact) mass is 276 g/mol. The molecule has 0 bridgehead atoms. The molecule has 0 amide bonds. The number of hydrogen-bond donors (Lipinski definition) is 3. The Morgan fingerprint density at radius 1 is 1.56 bits per heavy atom. The number of anilines is 1. The van der Waals surface area contributed by atoms with Gasteiger partial charge in [-0.1, -0.05) is 13.8 Å². The number of aromatic nitrogens is 2. The molecule has 102 valence electrons. The largest absolute Gasteiger partial charge is 0.480 e. The van der Waals surface area contributed by atoms with Crippen LogP contribution in [0.4, 0.5) is 5.69 Å². The van der Waals surface area contributed by atoms with Crippen molar-refractivity contribution in [1.29, 1.82) is 0 Å². The molecule has 9 heteroatoms. The number of carbonyl (C=O) groups is 1. The number of hydrogen-bond acceptors (Lipinski definition) is 4. The third-order valence-electron chi connectivity index (χ3n) is 1.86. The molecule has 0 spiro atoms. The molecule has 0 fully saturated rings. The van der Waals surface area contributed by atoms with Gasteiger partial charge in [-0.05, 0) is 5.92 Å². The molecule has 0 aromatic carbocycles. The zero-order valence-corrected chi connectivity index (χ0v) is 10.9. The van der Waals surface area contributed by atoms with Crippen LogP contribution in [-0.4, -0.2) is 35.8 Å².